The van der Waals surface area contributed by atoms with E-state index in [0.717, 1.165) is 5.56 Å². The lowest BCUT2D eigenvalue weighted by Gasteiger charge is -2.12. The molecule has 0 heterocycles. The van der Waals surface area contributed by atoms with Crippen molar-refractivity contribution < 1.29 is 17.9 Å². The number of rotatable bonds is 7. The minimum atomic E-state index is -3.84. The van der Waals surface area contributed by atoms with Gasteiger partial charge in [-0.05, 0) is 49.4 Å². The summed E-state index contributed by atoms with van der Waals surface area (Å²) in [4.78, 5) is 12.1. The lowest BCUT2D eigenvalue weighted by atomic mass is 10.2. The van der Waals surface area contributed by atoms with Crippen molar-refractivity contribution in [2.45, 2.75) is 11.8 Å². The molecular weight excluding hydrogens is 483 g/mol. The molecule has 0 saturated carbocycles. The highest BCUT2D eigenvalue weighted by atomic mass is 35.5. The highest BCUT2D eigenvalue weighted by Crippen LogP contribution is 2.30. The Balaban J connectivity index is 1.65. The van der Waals surface area contributed by atoms with Crippen molar-refractivity contribution in [3.63, 3.8) is 0 Å². The van der Waals surface area contributed by atoms with E-state index < -0.39 is 15.9 Å². The van der Waals surface area contributed by atoms with E-state index in [-0.39, 0.29) is 27.3 Å². The van der Waals surface area contributed by atoms with Crippen LogP contribution in [0.5, 0.6) is 5.75 Å². The van der Waals surface area contributed by atoms with Gasteiger partial charge in [0.05, 0.1) is 25.7 Å². The molecule has 0 radical (unpaired) electrons. The van der Waals surface area contributed by atoms with Gasteiger partial charge < -0.3 is 10.1 Å². The number of aryl methyl sites for hydroxylation is 1. The number of hydrogen-bond donors (Lipinski definition) is 2. The maximum atomic E-state index is 12.6. The molecule has 31 heavy (non-hydrogen) atoms. The van der Waals surface area contributed by atoms with Crippen LogP contribution in [-0.2, 0) is 14.8 Å². The number of anilines is 2. The first-order valence-electron chi connectivity index (χ1n) is 8.91. The second-order valence-electron chi connectivity index (χ2n) is 6.50. The van der Waals surface area contributed by atoms with Crippen LogP contribution >= 0.6 is 34.8 Å². The molecule has 0 bridgehead atoms. The lowest BCUT2D eigenvalue weighted by molar-refractivity contribution is -0.118. The van der Waals surface area contributed by atoms with Crippen LogP contribution in [0.2, 0.25) is 15.1 Å². The zero-order valence-electron chi connectivity index (χ0n) is 16.2. The summed E-state index contributed by atoms with van der Waals surface area (Å²) in [6.07, 6.45) is 0. The molecule has 3 rings (SSSR count). The van der Waals surface area contributed by atoms with Gasteiger partial charge in [-0.1, -0.05) is 58.6 Å². The topological polar surface area (TPSA) is 84.5 Å². The number of halogens is 3. The first-order valence-corrected chi connectivity index (χ1v) is 11.5. The third kappa shape index (κ3) is 6.04. The second kappa shape index (κ2) is 9.78. The van der Waals surface area contributed by atoms with Gasteiger partial charge in [0, 0.05) is 5.69 Å². The third-order valence-corrected chi connectivity index (χ3v) is 6.60. The molecule has 6 nitrogen and oxygen atoms in total. The Bertz CT molecular complexity index is 1220. The second-order valence-corrected chi connectivity index (χ2v) is 9.38. The smallest absolute Gasteiger partial charge is 0.262 e. The number of sulfonamides is 1. The predicted molar refractivity (Wildman–Crippen MR) is 124 cm³/mol. The Morgan fingerprint density at radius 2 is 1.68 bits per heavy atom. The lowest BCUT2D eigenvalue weighted by Crippen LogP contribution is -2.20. The van der Waals surface area contributed by atoms with Crippen molar-refractivity contribution in [2.24, 2.45) is 0 Å². The molecule has 3 aromatic rings. The monoisotopic (exact) mass is 498 g/mol. The number of hydrogen-bond acceptors (Lipinski definition) is 4. The summed E-state index contributed by atoms with van der Waals surface area (Å²) in [5, 5.41) is 3.14. The molecule has 162 valence electrons. The van der Waals surface area contributed by atoms with Crippen LogP contribution < -0.4 is 14.8 Å². The quantitative estimate of drug-likeness (QED) is 0.432. The molecule has 0 atom stereocenters. The first kappa shape index (κ1) is 23.2. The van der Waals surface area contributed by atoms with Crippen LogP contribution in [0, 0.1) is 6.92 Å². The molecule has 2 N–H and O–H groups in total. The van der Waals surface area contributed by atoms with E-state index in [1.807, 2.05) is 6.92 Å². The van der Waals surface area contributed by atoms with Gasteiger partial charge in [0.2, 0.25) is 0 Å². The van der Waals surface area contributed by atoms with E-state index in [2.05, 4.69) is 10.0 Å². The fraction of sp³-hybridized carbons (Fsp3) is 0.0952. The molecule has 1 amide bonds. The Kier molecular flexibility index (Phi) is 7.33. The highest BCUT2D eigenvalue weighted by molar-refractivity contribution is 7.92. The Morgan fingerprint density at radius 3 is 2.35 bits per heavy atom. The van der Waals surface area contributed by atoms with E-state index in [9.17, 15) is 13.2 Å². The van der Waals surface area contributed by atoms with Gasteiger partial charge in [-0.25, -0.2) is 8.42 Å². The Hall–Kier alpha value is -2.45. The molecule has 0 aliphatic rings. The number of nitrogens with one attached hydrogen (secondary N) is 2. The number of benzene rings is 3. The first-order chi connectivity index (χ1) is 14.7. The standard InChI is InChI=1S/C21H17Cl3N2O4S/c1-13-5-7-14(8-6-13)26-31(28,29)15-9-10-19(17(23)11-15)30-12-20(27)25-18-4-2-3-16(22)21(18)24/h2-11,26H,12H2,1H3,(H,25,27). The summed E-state index contributed by atoms with van der Waals surface area (Å²) >= 11 is 18.1. The van der Waals surface area contributed by atoms with Crippen LogP contribution in [0.4, 0.5) is 11.4 Å². The molecule has 0 fully saturated rings. The zero-order chi connectivity index (χ0) is 22.6. The third-order valence-electron chi connectivity index (χ3n) is 4.10. The van der Waals surface area contributed by atoms with Gasteiger partial charge in [0.25, 0.3) is 15.9 Å². The van der Waals surface area contributed by atoms with Gasteiger partial charge in [0.15, 0.2) is 6.61 Å². The minimum Gasteiger partial charge on any atom is -0.482 e. The van der Waals surface area contributed by atoms with Crippen molar-refractivity contribution in [1.29, 1.82) is 0 Å². The highest BCUT2D eigenvalue weighted by Gasteiger charge is 2.17. The largest absolute Gasteiger partial charge is 0.482 e. The van der Waals surface area contributed by atoms with E-state index in [0.29, 0.717) is 16.4 Å². The molecule has 0 aliphatic carbocycles. The predicted octanol–water partition coefficient (Wildman–Crippen LogP) is 5.77. The fourth-order valence-electron chi connectivity index (χ4n) is 2.53. The number of carbonyl (C=O) groups is 1. The fourth-order valence-corrected chi connectivity index (χ4v) is 4.26. The summed E-state index contributed by atoms with van der Waals surface area (Å²) in [5.41, 5.74) is 1.78. The van der Waals surface area contributed by atoms with Crippen LogP contribution in [-0.4, -0.2) is 20.9 Å². The van der Waals surface area contributed by atoms with E-state index in [1.165, 1.54) is 18.2 Å². The number of ether oxygens (including phenoxy) is 1. The van der Waals surface area contributed by atoms with E-state index >= 15 is 0 Å². The Labute approximate surface area is 195 Å². The van der Waals surface area contributed by atoms with Crippen molar-refractivity contribution >= 4 is 62.1 Å². The molecule has 0 unspecified atom stereocenters. The van der Waals surface area contributed by atoms with Gasteiger partial charge in [-0.15, -0.1) is 0 Å². The Morgan fingerprint density at radius 1 is 0.968 bits per heavy atom. The summed E-state index contributed by atoms with van der Waals surface area (Å²) in [6, 6.07) is 15.7. The molecular formula is C21H17Cl3N2O4S. The van der Waals surface area contributed by atoms with Crippen LogP contribution in [0.25, 0.3) is 0 Å². The van der Waals surface area contributed by atoms with Gasteiger partial charge in [-0.2, -0.15) is 0 Å². The molecule has 0 aliphatic heterocycles. The van der Waals surface area contributed by atoms with Crippen LogP contribution in [0.1, 0.15) is 5.56 Å². The van der Waals surface area contributed by atoms with Crippen LogP contribution in [0.3, 0.4) is 0 Å². The molecule has 0 spiro atoms. The summed E-state index contributed by atoms with van der Waals surface area (Å²) in [7, 11) is -3.84. The average Bonchev–Trinajstić information content (AvgIpc) is 2.72. The van der Waals surface area contributed by atoms with Gasteiger partial charge >= 0.3 is 0 Å². The maximum Gasteiger partial charge on any atom is 0.262 e. The number of carbonyl (C=O) groups excluding carboxylic acids is 1. The zero-order valence-corrected chi connectivity index (χ0v) is 19.2. The van der Waals surface area contributed by atoms with Crippen molar-refractivity contribution in [2.75, 3.05) is 16.6 Å². The molecule has 3 aromatic carbocycles. The summed E-state index contributed by atoms with van der Waals surface area (Å²) in [5.74, 6) is -0.332. The average molecular weight is 500 g/mol. The van der Waals surface area contributed by atoms with Gasteiger partial charge in [0.1, 0.15) is 5.75 Å². The molecule has 10 heteroatoms. The SMILES string of the molecule is Cc1ccc(NS(=O)(=O)c2ccc(OCC(=O)Nc3cccc(Cl)c3Cl)c(Cl)c2)cc1. The van der Waals surface area contributed by atoms with Crippen LogP contribution in [0.15, 0.2) is 65.6 Å². The maximum absolute atomic E-state index is 12.6. The summed E-state index contributed by atoms with van der Waals surface area (Å²) < 4.78 is 33.0. The minimum absolute atomic E-state index is 0.0411. The molecule has 0 aromatic heterocycles. The van der Waals surface area contributed by atoms with Crippen molar-refractivity contribution in [1.82, 2.24) is 0 Å². The van der Waals surface area contributed by atoms with E-state index in [1.54, 1.807) is 42.5 Å². The van der Waals surface area contributed by atoms with E-state index in [4.69, 9.17) is 39.5 Å². The van der Waals surface area contributed by atoms with Crippen molar-refractivity contribution in [3.05, 3.63) is 81.3 Å². The van der Waals surface area contributed by atoms with Crippen molar-refractivity contribution in [3.8, 4) is 5.75 Å². The molecule has 0 saturated heterocycles. The normalized spacial score (nSPS) is 11.1. The summed E-state index contributed by atoms with van der Waals surface area (Å²) in [6.45, 7) is 1.54. The van der Waals surface area contributed by atoms with Gasteiger partial charge in [-0.3, -0.25) is 9.52 Å². The number of amides is 1.